The van der Waals surface area contributed by atoms with Gasteiger partial charge in [0.15, 0.2) is 5.69 Å². The van der Waals surface area contributed by atoms with E-state index in [9.17, 15) is 9.59 Å². The molecule has 0 N–H and O–H groups in total. The highest BCUT2D eigenvalue weighted by Gasteiger charge is 2.30. The van der Waals surface area contributed by atoms with Crippen molar-refractivity contribution >= 4 is 23.4 Å². The Kier molecular flexibility index (Phi) is 4.91. The van der Waals surface area contributed by atoms with Gasteiger partial charge in [0.25, 0.3) is 5.91 Å². The smallest absolute Gasteiger partial charge is 0.274 e. The quantitative estimate of drug-likeness (QED) is 0.811. The lowest BCUT2D eigenvalue weighted by atomic mass is 10.1. The average Bonchev–Trinajstić information content (AvgIpc) is 3.45. The Bertz CT molecular complexity index is 849. The van der Waals surface area contributed by atoms with Gasteiger partial charge in [-0.3, -0.25) is 14.3 Å². The molecule has 2 aliphatic rings. The van der Waals surface area contributed by atoms with E-state index in [2.05, 4.69) is 5.10 Å². The summed E-state index contributed by atoms with van der Waals surface area (Å²) in [5, 5.41) is 5.06. The van der Waals surface area contributed by atoms with Crippen LogP contribution in [0.4, 0.5) is 0 Å². The van der Waals surface area contributed by atoms with Crippen molar-refractivity contribution in [3.8, 4) is 0 Å². The molecule has 0 unspecified atom stereocenters. The highest BCUT2D eigenvalue weighted by atomic mass is 35.5. The molecule has 1 saturated heterocycles. The molecule has 1 aliphatic heterocycles. The van der Waals surface area contributed by atoms with Gasteiger partial charge >= 0.3 is 0 Å². The average molecular weight is 387 g/mol. The van der Waals surface area contributed by atoms with E-state index >= 15 is 0 Å². The molecule has 4 rings (SSSR count). The maximum atomic E-state index is 12.7. The van der Waals surface area contributed by atoms with Gasteiger partial charge in [0, 0.05) is 49.9 Å². The van der Waals surface area contributed by atoms with Gasteiger partial charge in [-0.15, -0.1) is 0 Å². The number of nitrogens with zero attached hydrogens (tertiary/aromatic N) is 4. The molecule has 0 atom stereocenters. The predicted molar refractivity (Wildman–Crippen MR) is 103 cm³/mol. The largest absolute Gasteiger partial charge is 0.339 e. The van der Waals surface area contributed by atoms with Crippen molar-refractivity contribution in [2.75, 3.05) is 26.2 Å². The molecule has 2 aromatic rings. The molecule has 2 fully saturated rings. The molecule has 0 radical (unpaired) electrons. The lowest BCUT2D eigenvalue weighted by molar-refractivity contribution is -0.131. The highest BCUT2D eigenvalue weighted by Crippen LogP contribution is 2.40. The van der Waals surface area contributed by atoms with Crippen LogP contribution in [0.3, 0.4) is 0 Å². The van der Waals surface area contributed by atoms with Gasteiger partial charge in [0.2, 0.25) is 5.91 Å². The normalized spacial score (nSPS) is 17.3. The molecule has 0 bridgehead atoms. The number of aromatic nitrogens is 2. The Balaban J connectivity index is 1.32. The molecule has 27 heavy (non-hydrogen) atoms. The van der Waals surface area contributed by atoms with E-state index in [1.807, 2.05) is 34.8 Å². The topological polar surface area (TPSA) is 58.4 Å². The van der Waals surface area contributed by atoms with E-state index in [0.29, 0.717) is 49.2 Å². The van der Waals surface area contributed by atoms with Crippen molar-refractivity contribution in [1.29, 1.82) is 0 Å². The van der Waals surface area contributed by atoms with E-state index in [1.165, 1.54) is 12.8 Å². The van der Waals surface area contributed by atoms with Crippen molar-refractivity contribution < 1.29 is 9.59 Å². The van der Waals surface area contributed by atoms with E-state index in [4.69, 9.17) is 11.6 Å². The lowest BCUT2D eigenvalue weighted by Crippen LogP contribution is -2.51. The number of rotatable bonds is 4. The highest BCUT2D eigenvalue weighted by molar-refractivity contribution is 6.30. The first-order valence-electron chi connectivity index (χ1n) is 9.36. The molecule has 7 heteroatoms. The first kappa shape index (κ1) is 18.0. The monoisotopic (exact) mass is 386 g/mol. The molecule has 2 heterocycles. The van der Waals surface area contributed by atoms with Crippen LogP contribution in [0.5, 0.6) is 0 Å². The maximum absolute atomic E-state index is 12.7. The van der Waals surface area contributed by atoms with E-state index in [0.717, 1.165) is 11.3 Å². The van der Waals surface area contributed by atoms with Crippen molar-refractivity contribution in [3.05, 3.63) is 52.3 Å². The summed E-state index contributed by atoms with van der Waals surface area (Å²) in [7, 11) is 1.90. The van der Waals surface area contributed by atoms with Crippen molar-refractivity contribution in [2.24, 2.45) is 7.05 Å². The first-order valence-corrected chi connectivity index (χ1v) is 9.74. The van der Waals surface area contributed by atoms with E-state index in [1.54, 1.807) is 17.0 Å². The molecule has 142 valence electrons. The van der Waals surface area contributed by atoms with E-state index < -0.39 is 0 Å². The van der Waals surface area contributed by atoms with E-state index in [-0.39, 0.29) is 11.8 Å². The van der Waals surface area contributed by atoms with Crippen LogP contribution < -0.4 is 0 Å². The van der Waals surface area contributed by atoms with Crippen LogP contribution in [0.1, 0.15) is 40.5 Å². The van der Waals surface area contributed by atoms with Crippen molar-refractivity contribution in [1.82, 2.24) is 19.6 Å². The summed E-state index contributed by atoms with van der Waals surface area (Å²) >= 11 is 5.89. The zero-order chi connectivity index (χ0) is 19.0. The molecular formula is C20H23ClN4O2. The summed E-state index contributed by atoms with van der Waals surface area (Å²) in [6.07, 6.45) is 2.72. The number of aryl methyl sites for hydroxylation is 1. The van der Waals surface area contributed by atoms with Gasteiger partial charge in [-0.2, -0.15) is 5.10 Å². The fourth-order valence-corrected chi connectivity index (χ4v) is 3.68. The fraction of sp³-hybridized carbons (Fsp3) is 0.450. The Morgan fingerprint density at radius 1 is 1.07 bits per heavy atom. The van der Waals surface area contributed by atoms with Gasteiger partial charge in [0.1, 0.15) is 0 Å². The molecule has 0 spiro atoms. The summed E-state index contributed by atoms with van der Waals surface area (Å²) in [5.41, 5.74) is 2.61. The SMILES string of the molecule is Cn1nc(C(=O)N2CCN(C(=O)Cc3ccc(Cl)cc3)CC2)cc1C1CC1. The Hall–Kier alpha value is -2.34. The number of piperazine rings is 1. The third-order valence-electron chi connectivity index (χ3n) is 5.32. The Morgan fingerprint density at radius 2 is 1.70 bits per heavy atom. The van der Waals surface area contributed by atoms with Gasteiger partial charge in [-0.05, 0) is 36.6 Å². The second-order valence-corrected chi connectivity index (χ2v) is 7.76. The zero-order valence-electron chi connectivity index (χ0n) is 15.4. The predicted octanol–water partition coefficient (Wildman–Crippen LogP) is 2.48. The first-order chi connectivity index (χ1) is 13.0. The lowest BCUT2D eigenvalue weighted by Gasteiger charge is -2.34. The molecule has 2 amide bonds. The molecule has 1 aromatic carbocycles. The molecule has 6 nitrogen and oxygen atoms in total. The second-order valence-electron chi connectivity index (χ2n) is 7.33. The van der Waals surface area contributed by atoms with Crippen LogP contribution in [-0.2, 0) is 18.3 Å². The number of halogens is 1. The minimum Gasteiger partial charge on any atom is -0.339 e. The molecule has 1 aromatic heterocycles. The second kappa shape index (κ2) is 7.35. The van der Waals surface area contributed by atoms with Crippen LogP contribution in [-0.4, -0.2) is 57.6 Å². The van der Waals surface area contributed by atoms with Crippen LogP contribution >= 0.6 is 11.6 Å². The van der Waals surface area contributed by atoms with Gasteiger partial charge < -0.3 is 9.80 Å². The van der Waals surface area contributed by atoms with Crippen molar-refractivity contribution in [2.45, 2.75) is 25.2 Å². The molecule has 1 aliphatic carbocycles. The summed E-state index contributed by atoms with van der Waals surface area (Å²) < 4.78 is 1.83. The molecule has 1 saturated carbocycles. The standard InChI is InChI=1S/C20H23ClN4O2/c1-23-18(15-4-5-15)13-17(22-23)20(27)25-10-8-24(9-11-25)19(26)12-14-2-6-16(21)7-3-14/h2-3,6-7,13,15H,4-5,8-12H2,1H3. The summed E-state index contributed by atoms with van der Waals surface area (Å²) in [5.74, 6) is 0.604. The van der Waals surface area contributed by atoms with Gasteiger partial charge in [0.05, 0.1) is 6.42 Å². The third-order valence-corrected chi connectivity index (χ3v) is 5.57. The molecular weight excluding hydrogens is 364 g/mol. The minimum absolute atomic E-state index is 0.0395. The van der Waals surface area contributed by atoms with Crippen molar-refractivity contribution in [3.63, 3.8) is 0 Å². The van der Waals surface area contributed by atoms with Gasteiger partial charge in [-0.1, -0.05) is 23.7 Å². The minimum atomic E-state index is -0.0395. The number of benzene rings is 1. The van der Waals surface area contributed by atoms with Crippen LogP contribution in [0.15, 0.2) is 30.3 Å². The Labute approximate surface area is 163 Å². The number of hydrogen-bond donors (Lipinski definition) is 0. The summed E-state index contributed by atoms with van der Waals surface area (Å²) in [6, 6.07) is 9.27. The number of hydrogen-bond acceptors (Lipinski definition) is 3. The number of carbonyl (C=O) groups excluding carboxylic acids is 2. The Morgan fingerprint density at radius 3 is 2.33 bits per heavy atom. The zero-order valence-corrected chi connectivity index (χ0v) is 16.2. The third kappa shape index (κ3) is 4.00. The number of amides is 2. The number of carbonyl (C=O) groups is 2. The van der Waals surface area contributed by atoms with Crippen LogP contribution in [0.2, 0.25) is 5.02 Å². The summed E-state index contributed by atoms with van der Waals surface area (Å²) in [6.45, 7) is 2.20. The summed E-state index contributed by atoms with van der Waals surface area (Å²) in [4.78, 5) is 28.9. The van der Waals surface area contributed by atoms with Crippen LogP contribution in [0.25, 0.3) is 0 Å². The van der Waals surface area contributed by atoms with Gasteiger partial charge in [-0.25, -0.2) is 0 Å². The fourth-order valence-electron chi connectivity index (χ4n) is 3.56. The van der Waals surface area contributed by atoms with Crippen LogP contribution in [0, 0.1) is 0 Å². The maximum Gasteiger partial charge on any atom is 0.274 e.